The van der Waals surface area contributed by atoms with E-state index in [1.807, 2.05) is 0 Å². The van der Waals surface area contributed by atoms with Crippen molar-refractivity contribution in [3.63, 3.8) is 0 Å². The van der Waals surface area contributed by atoms with Crippen LogP contribution in [0.5, 0.6) is 0 Å². The summed E-state index contributed by atoms with van der Waals surface area (Å²) >= 11 is 5.49. The summed E-state index contributed by atoms with van der Waals surface area (Å²) in [5.41, 5.74) is -1.53. The first kappa shape index (κ1) is 13.1. The van der Waals surface area contributed by atoms with Crippen molar-refractivity contribution in [3.05, 3.63) is 0 Å². The van der Waals surface area contributed by atoms with Gasteiger partial charge in [0.05, 0.1) is 12.6 Å². The van der Waals surface area contributed by atoms with E-state index in [2.05, 4.69) is 0 Å². The Morgan fingerprint density at radius 1 is 1.44 bits per heavy atom. The summed E-state index contributed by atoms with van der Waals surface area (Å²) in [5.74, 6) is -0.963. The van der Waals surface area contributed by atoms with Gasteiger partial charge in [-0.05, 0) is 12.8 Å². The normalized spacial score (nSPS) is 29.4. The molecule has 0 aromatic rings. The molecule has 1 fully saturated rings. The summed E-state index contributed by atoms with van der Waals surface area (Å²) in [6, 6.07) is 0. The number of hydrogen-bond donors (Lipinski definition) is 3. The zero-order valence-corrected chi connectivity index (χ0v) is 9.35. The number of hydrogen-bond acceptors (Lipinski definition) is 3. The minimum absolute atomic E-state index is 0.0779. The van der Waals surface area contributed by atoms with Crippen LogP contribution in [0.3, 0.4) is 0 Å². The summed E-state index contributed by atoms with van der Waals surface area (Å²) in [6.45, 7) is -0.163. The van der Waals surface area contributed by atoms with Gasteiger partial charge in [0.1, 0.15) is 5.54 Å². The largest absolute Gasteiger partial charge is 0.479 e. The number of likely N-dealkylation sites (tertiary alicyclic amines) is 1. The van der Waals surface area contributed by atoms with Crippen LogP contribution in [0.2, 0.25) is 0 Å². The van der Waals surface area contributed by atoms with Gasteiger partial charge in [0.2, 0.25) is 0 Å². The van der Waals surface area contributed by atoms with Crippen molar-refractivity contribution in [2.45, 2.75) is 30.9 Å². The molecule has 3 N–H and O–H groups in total. The molecule has 0 saturated carbocycles. The number of aliphatic carboxylic acids is 1. The molecule has 1 saturated heterocycles. The topological polar surface area (TPSA) is 98.1 Å². The van der Waals surface area contributed by atoms with Gasteiger partial charge in [-0.1, -0.05) is 0 Å². The standard InChI is InChI=1S/C9H14ClNO5/c10-3-1-2-9(7(13)14)4-6(12)5-11(9)8(15)16/h6,12H,1-5H2,(H,13,14)(H,15,16)/t6-,9?/m0/s1. The molecule has 1 aliphatic rings. The van der Waals surface area contributed by atoms with Crippen LogP contribution in [-0.4, -0.2) is 56.3 Å². The van der Waals surface area contributed by atoms with Crippen molar-refractivity contribution in [2.75, 3.05) is 12.4 Å². The van der Waals surface area contributed by atoms with E-state index in [0.29, 0.717) is 6.42 Å². The van der Waals surface area contributed by atoms with E-state index in [1.54, 1.807) is 0 Å². The highest BCUT2D eigenvalue weighted by atomic mass is 35.5. The van der Waals surface area contributed by atoms with Crippen molar-refractivity contribution in [1.82, 2.24) is 4.90 Å². The van der Waals surface area contributed by atoms with Gasteiger partial charge in [-0.25, -0.2) is 9.59 Å². The Labute approximate surface area is 97.4 Å². The number of carboxylic acid groups (broad SMARTS) is 2. The van der Waals surface area contributed by atoms with Gasteiger partial charge in [-0.3, -0.25) is 4.90 Å². The maximum atomic E-state index is 11.2. The van der Waals surface area contributed by atoms with Crippen molar-refractivity contribution in [1.29, 1.82) is 0 Å². The van der Waals surface area contributed by atoms with Gasteiger partial charge >= 0.3 is 12.1 Å². The smallest absolute Gasteiger partial charge is 0.408 e. The third kappa shape index (κ3) is 2.22. The molecule has 1 heterocycles. The molecule has 1 unspecified atom stereocenters. The third-order valence-electron chi connectivity index (χ3n) is 2.84. The van der Waals surface area contributed by atoms with Gasteiger partial charge in [0, 0.05) is 12.3 Å². The highest BCUT2D eigenvalue weighted by Crippen LogP contribution is 2.34. The average molecular weight is 252 g/mol. The lowest BCUT2D eigenvalue weighted by atomic mass is 9.90. The molecule has 1 rings (SSSR count). The Balaban J connectivity index is 2.96. The first-order chi connectivity index (χ1) is 7.44. The number of carbonyl (C=O) groups is 2. The molecule has 0 aromatic carbocycles. The molecule has 0 spiro atoms. The molecule has 1 aliphatic heterocycles. The molecule has 92 valence electrons. The van der Waals surface area contributed by atoms with E-state index in [9.17, 15) is 14.7 Å². The molecular formula is C9H14ClNO5. The van der Waals surface area contributed by atoms with Crippen LogP contribution in [0.4, 0.5) is 4.79 Å². The molecule has 0 radical (unpaired) electrons. The molecular weight excluding hydrogens is 238 g/mol. The molecule has 0 aliphatic carbocycles. The molecule has 6 nitrogen and oxygen atoms in total. The van der Waals surface area contributed by atoms with Gasteiger partial charge in [-0.15, -0.1) is 11.6 Å². The number of nitrogens with zero attached hydrogens (tertiary/aromatic N) is 1. The number of aliphatic hydroxyl groups excluding tert-OH is 1. The number of halogens is 1. The maximum absolute atomic E-state index is 11.2. The van der Waals surface area contributed by atoms with Gasteiger partial charge in [0.25, 0.3) is 0 Å². The number of β-amino-alcohol motifs (C(OH)–C–C–N with tert-alkyl or cyclic N) is 1. The number of carboxylic acids is 1. The number of aliphatic hydroxyl groups is 1. The Kier molecular flexibility index (Phi) is 3.98. The van der Waals surface area contributed by atoms with Crippen molar-refractivity contribution < 1.29 is 24.9 Å². The van der Waals surface area contributed by atoms with Crippen LogP contribution in [0.25, 0.3) is 0 Å². The second-order valence-electron chi connectivity index (χ2n) is 3.88. The Morgan fingerprint density at radius 3 is 2.50 bits per heavy atom. The van der Waals surface area contributed by atoms with Crippen molar-refractivity contribution >= 4 is 23.7 Å². The lowest BCUT2D eigenvalue weighted by Crippen LogP contribution is -2.52. The summed E-state index contributed by atoms with van der Waals surface area (Å²) in [5, 5.41) is 27.5. The Morgan fingerprint density at radius 2 is 2.06 bits per heavy atom. The fourth-order valence-electron chi connectivity index (χ4n) is 2.12. The van der Waals surface area contributed by atoms with E-state index >= 15 is 0 Å². The predicted octanol–water partition coefficient (Wildman–Crippen LogP) is 0.573. The summed E-state index contributed by atoms with van der Waals surface area (Å²) < 4.78 is 0. The molecule has 16 heavy (non-hydrogen) atoms. The third-order valence-corrected chi connectivity index (χ3v) is 3.10. The van der Waals surface area contributed by atoms with Crippen LogP contribution >= 0.6 is 11.6 Å². The molecule has 0 bridgehead atoms. The fourth-order valence-corrected chi connectivity index (χ4v) is 2.25. The zero-order chi connectivity index (χ0) is 12.3. The van der Waals surface area contributed by atoms with E-state index in [-0.39, 0.29) is 25.3 Å². The van der Waals surface area contributed by atoms with Crippen LogP contribution in [0.15, 0.2) is 0 Å². The fraction of sp³-hybridized carbons (Fsp3) is 0.778. The molecule has 0 aromatic heterocycles. The quantitative estimate of drug-likeness (QED) is 0.635. The second kappa shape index (κ2) is 4.88. The van der Waals surface area contributed by atoms with E-state index in [0.717, 1.165) is 4.90 Å². The summed E-state index contributed by atoms with van der Waals surface area (Å²) in [7, 11) is 0. The van der Waals surface area contributed by atoms with Crippen molar-refractivity contribution in [3.8, 4) is 0 Å². The summed E-state index contributed by atoms with van der Waals surface area (Å²) in [6.07, 6.45) is -1.82. The second-order valence-corrected chi connectivity index (χ2v) is 4.26. The van der Waals surface area contributed by atoms with Gasteiger partial charge in [0.15, 0.2) is 0 Å². The average Bonchev–Trinajstić information content (AvgIpc) is 2.54. The van der Waals surface area contributed by atoms with E-state index < -0.39 is 23.7 Å². The predicted molar refractivity (Wildman–Crippen MR) is 55.7 cm³/mol. The monoisotopic (exact) mass is 251 g/mol. The van der Waals surface area contributed by atoms with Crippen LogP contribution < -0.4 is 0 Å². The Hall–Kier alpha value is -1.01. The zero-order valence-electron chi connectivity index (χ0n) is 8.60. The maximum Gasteiger partial charge on any atom is 0.408 e. The van der Waals surface area contributed by atoms with Gasteiger partial charge < -0.3 is 15.3 Å². The molecule has 1 amide bonds. The minimum atomic E-state index is -1.53. The first-order valence-electron chi connectivity index (χ1n) is 4.92. The molecule has 7 heteroatoms. The number of alkyl halides is 1. The number of amides is 1. The highest BCUT2D eigenvalue weighted by Gasteiger charge is 2.53. The SMILES string of the molecule is O=C(O)N1C[C@@H](O)CC1(CCCCl)C(=O)O. The van der Waals surface area contributed by atoms with Crippen LogP contribution in [-0.2, 0) is 4.79 Å². The van der Waals surface area contributed by atoms with Crippen molar-refractivity contribution in [2.24, 2.45) is 0 Å². The van der Waals surface area contributed by atoms with E-state index in [4.69, 9.17) is 21.8 Å². The Bertz CT molecular complexity index is 298. The highest BCUT2D eigenvalue weighted by molar-refractivity contribution is 6.17. The van der Waals surface area contributed by atoms with Gasteiger partial charge in [-0.2, -0.15) is 0 Å². The molecule has 2 atom stereocenters. The van der Waals surface area contributed by atoms with Crippen LogP contribution in [0, 0.1) is 0 Å². The lowest BCUT2D eigenvalue weighted by molar-refractivity contribution is -0.149. The first-order valence-corrected chi connectivity index (χ1v) is 5.45. The van der Waals surface area contributed by atoms with E-state index in [1.165, 1.54) is 0 Å². The number of rotatable bonds is 4. The summed E-state index contributed by atoms with van der Waals surface area (Å²) in [4.78, 5) is 23.0. The van der Waals surface area contributed by atoms with Crippen LogP contribution in [0.1, 0.15) is 19.3 Å². The lowest BCUT2D eigenvalue weighted by Gasteiger charge is -2.32. The minimum Gasteiger partial charge on any atom is -0.479 e.